The zero-order valence-corrected chi connectivity index (χ0v) is 9.99. The average molecular weight is 245 g/mol. The number of nitrogens with one attached hydrogen (secondary N) is 1. The van der Waals surface area contributed by atoms with Crippen LogP contribution in [0.4, 0.5) is 0 Å². The topological polar surface area (TPSA) is 59.8 Å². The summed E-state index contributed by atoms with van der Waals surface area (Å²) in [5, 5.41) is 10.4. The Labute approximate surface area is 100 Å². The van der Waals surface area contributed by atoms with Crippen molar-refractivity contribution in [3.63, 3.8) is 0 Å². The molecule has 1 aromatic rings. The molecule has 16 heavy (non-hydrogen) atoms. The van der Waals surface area contributed by atoms with E-state index in [1.807, 2.05) is 6.20 Å². The molecular weight excluding hydrogens is 228 g/mol. The second-order valence-corrected chi connectivity index (χ2v) is 3.89. The van der Waals surface area contributed by atoms with Gasteiger partial charge in [0.2, 0.25) is 5.91 Å². The van der Waals surface area contributed by atoms with Gasteiger partial charge in [-0.15, -0.1) is 16.7 Å². The van der Waals surface area contributed by atoms with E-state index in [0.717, 1.165) is 25.8 Å². The van der Waals surface area contributed by atoms with E-state index in [4.69, 9.17) is 11.6 Å². The van der Waals surface area contributed by atoms with E-state index in [9.17, 15) is 4.79 Å². The lowest BCUT2D eigenvalue weighted by molar-refractivity contribution is -0.121. The van der Waals surface area contributed by atoms with Crippen molar-refractivity contribution in [2.75, 3.05) is 12.4 Å². The summed E-state index contributed by atoms with van der Waals surface area (Å²) < 4.78 is 1.75. The van der Waals surface area contributed by atoms with Crippen LogP contribution in [0.2, 0.25) is 0 Å². The number of carbonyl (C=O) groups excluding carboxylic acids is 1. The molecule has 0 saturated heterocycles. The van der Waals surface area contributed by atoms with Crippen LogP contribution in [0.5, 0.6) is 0 Å². The number of alkyl halides is 1. The second kappa shape index (κ2) is 8.10. The number of rotatable bonds is 8. The number of halogens is 1. The Bertz CT molecular complexity index is 289. The number of aromatic nitrogens is 3. The first-order valence-corrected chi connectivity index (χ1v) is 6.03. The minimum atomic E-state index is 0.101. The van der Waals surface area contributed by atoms with Crippen LogP contribution in [0.3, 0.4) is 0 Å². The van der Waals surface area contributed by atoms with Gasteiger partial charge in [0.05, 0.1) is 6.20 Å². The molecule has 0 aliphatic carbocycles. The van der Waals surface area contributed by atoms with Crippen LogP contribution >= 0.6 is 11.6 Å². The SMILES string of the molecule is O=C(CCCCCl)NCCCn1ccnn1. The lowest BCUT2D eigenvalue weighted by atomic mass is 10.2. The molecule has 1 N–H and O–H groups in total. The number of nitrogens with zero attached hydrogens (tertiary/aromatic N) is 3. The van der Waals surface area contributed by atoms with Gasteiger partial charge in [-0.25, -0.2) is 0 Å². The standard InChI is InChI=1S/C10H17ClN4O/c11-5-2-1-4-10(16)12-6-3-8-15-9-7-13-14-15/h7,9H,1-6,8H2,(H,12,16). The molecule has 1 rings (SSSR count). The summed E-state index contributed by atoms with van der Waals surface area (Å²) in [7, 11) is 0. The van der Waals surface area contributed by atoms with Crippen LogP contribution in [-0.4, -0.2) is 33.3 Å². The van der Waals surface area contributed by atoms with E-state index in [0.29, 0.717) is 18.8 Å². The van der Waals surface area contributed by atoms with Gasteiger partial charge in [-0.3, -0.25) is 9.48 Å². The third-order valence-electron chi connectivity index (χ3n) is 2.15. The maximum atomic E-state index is 11.3. The molecule has 0 fully saturated rings. The van der Waals surface area contributed by atoms with E-state index >= 15 is 0 Å². The molecule has 0 aromatic carbocycles. The van der Waals surface area contributed by atoms with Gasteiger partial charge in [0.15, 0.2) is 0 Å². The van der Waals surface area contributed by atoms with Gasteiger partial charge in [0.25, 0.3) is 0 Å². The Morgan fingerprint density at radius 1 is 1.38 bits per heavy atom. The third-order valence-corrected chi connectivity index (χ3v) is 2.41. The smallest absolute Gasteiger partial charge is 0.219 e. The number of carbonyl (C=O) groups is 1. The Hall–Kier alpha value is -1.10. The number of hydrogen-bond donors (Lipinski definition) is 1. The molecule has 5 nitrogen and oxygen atoms in total. The average Bonchev–Trinajstić information content (AvgIpc) is 2.78. The van der Waals surface area contributed by atoms with Crippen LogP contribution in [-0.2, 0) is 11.3 Å². The molecular formula is C10H17ClN4O. The molecule has 6 heteroatoms. The monoisotopic (exact) mass is 244 g/mol. The molecule has 90 valence electrons. The summed E-state index contributed by atoms with van der Waals surface area (Å²) in [6, 6.07) is 0. The second-order valence-electron chi connectivity index (χ2n) is 3.52. The van der Waals surface area contributed by atoms with E-state index in [-0.39, 0.29) is 5.91 Å². The molecule has 0 atom stereocenters. The largest absolute Gasteiger partial charge is 0.356 e. The first kappa shape index (κ1) is 13.0. The fourth-order valence-electron chi connectivity index (χ4n) is 1.29. The highest BCUT2D eigenvalue weighted by molar-refractivity contribution is 6.17. The predicted octanol–water partition coefficient (Wildman–Crippen LogP) is 1.19. The van der Waals surface area contributed by atoms with Crippen LogP contribution in [0.15, 0.2) is 12.4 Å². The van der Waals surface area contributed by atoms with E-state index in [1.165, 1.54) is 0 Å². The van der Waals surface area contributed by atoms with Crippen LogP contribution < -0.4 is 5.32 Å². The van der Waals surface area contributed by atoms with Crippen molar-refractivity contribution in [2.45, 2.75) is 32.2 Å². The minimum Gasteiger partial charge on any atom is -0.356 e. The van der Waals surface area contributed by atoms with Crippen molar-refractivity contribution >= 4 is 17.5 Å². The van der Waals surface area contributed by atoms with Gasteiger partial charge in [-0.1, -0.05) is 5.21 Å². The molecule has 0 bridgehead atoms. The van der Waals surface area contributed by atoms with Crippen molar-refractivity contribution in [1.82, 2.24) is 20.3 Å². The summed E-state index contributed by atoms with van der Waals surface area (Å²) in [4.78, 5) is 11.3. The van der Waals surface area contributed by atoms with Gasteiger partial charge in [0.1, 0.15) is 0 Å². The first-order valence-electron chi connectivity index (χ1n) is 5.49. The fraction of sp³-hybridized carbons (Fsp3) is 0.700. The van der Waals surface area contributed by atoms with E-state index in [1.54, 1.807) is 10.9 Å². The normalized spacial score (nSPS) is 10.3. The summed E-state index contributed by atoms with van der Waals surface area (Å²) in [6.07, 6.45) is 6.64. The van der Waals surface area contributed by atoms with E-state index < -0.39 is 0 Å². The highest BCUT2D eigenvalue weighted by Crippen LogP contribution is 1.96. The quantitative estimate of drug-likeness (QED) is 0.552. The van der Waals surface area contributed by atoms with Crippen LogP contribution in [0, 0.1) is 0 Å². The van der Waals surface area contributed by atoms with Gasteiger partial charge in [-0.05, 0) is 19.3 Å². The number of hydrogen-bond acceptors (Lipinski definition) is 3. The van der Waals surface area contributed by atoms with E-state index in [2.05, 4.69) is 15.6 Å². The highest BCUT2D eigenvalue weighted by Gasteiger charge is 1.99. The predicted molar refractivity (Wildman–Crippen MR) is 62.2 cm³/mol. The first-order chi connectivity index (χ1) is 7.83. The third kappa shape index (κ3) is 5.70. The fourth-order valence-corrected chi connectivity index (χ4v) is 1.48. The van der Waals surface area contributed by atoms with Crippen LogP contribution in [0.25, 0.3) is 0 Å². The highest BCUT2D eigenvalue weighted by atomic mass is 35.5. The van der Waals surface area contributed by atoms with Gasteiger partial charge < -0.3 is 5.32 Å². The Morgan fingerprint density at radius 2 is 2.25 bits per heavy atom. The summed E-state index contributed by atoms with van der Waals surface area (Å²) in [5.41, 5.74) is 0. The van der Waals surface area contributed by atoms with Crippen molar-refractivity contribution in [2.24, 2.45) is 0 Å². The minimum absolute atomic E-state index is 0.101. The Morgan fingerprint density at radius 3 is 2.94 bits per heavy atom. The molecule has 0 aliphatic rings. The van der Waals surface area contributed by atoms with Crippen molar-refractivity contribution in [3.8, 4) is 0 Å². The van der Waals surface area contributed by atoms with Crippen LogP contribution in [0.1, 0.15) is 25.7 Å². The summed E-state index contributed by atoms with van der Waals surface area (Å²) in [5.74, 6) is 0.725. The molecule has 0 saturated carbocycles. The zero-order valence-electron chi connectivity index (χ0n) is 9.23. The molecule has 0 spiro atoms. The molecule has 0 aliphatic heterocycles. The van der Waals surface area contributed by atoms with Crippen molar-refractivity contribution in [3.05, 3.63) is 12.4 Å². The maximum absolute atomic E-state index is 11.3. The number of aryl methyl sites for hydroxylation is 1. The Kier molecular flexibility index (Phi) is 6.56. The molecule has 0 radical (unpaired) electrons. The van der Waals surface area contributed by atoms with Crippen molar-refractivity contribution in [1.29, 1.82) is 0 Å². The number of amides is 1. The molecule has 0 unspecified atom stereocenters. The zero-order chi connectivity index (χ0) is 11.6. The summed E-state index contributed by atoms with van der Waals surface area (Å²) >= 11 is 5.52. The van der Waals surface area contributed by atoms with Crippen molar-refractivity contribution < 1.29 is 4.79 Å². The molecule has 1 heterocycles. The van der Waals surface area contributed by atoms with Gasteiger partial charge in [0, 0.05) is 31.6 Å². The maximum Gasteiger partial charge on any atom is 0.219 e. The lowest BCUT2D eigenvalue weighted by Gasteiger charge is -2.04. The summed E-state index contributed by atoms with van der Waals surface area (Å²) in [6.45, 7) is 1.46. The van der Waals surface area contributed by atoms with Gasteiger partial charge >= 0.3 is 0 Å². The Balaban J connectivity index is 1.96. The molecule has 1 aromatic heterocycles. The number of unbranched alkanes of at least 4 members (excludes halogenated alkanes) is 1. The lowest BCUT2D eigenvalue weighted by Crippen LogP contribution is -2.25. The van der Waals surface area contributed by atoms with Gasteiger partial charge in [-0.2, -0.15) is 0 Å². The molecule has 1 amide bonds.